The minimum atomic E-state index is -0.226. The molecule has 1 unspecified atom stereocenters. The topological polar surface area (TPSA) is 38.7 Å². The van der Waals surface area contributed by atoms with Crippen molar-refractivity contribution in [3.63, 3.8) is 0 Å². The first-order valence-electron chi connectivity index (χ1n) is 5.16. The van der Waals surface area contributed by atoms with Crippen LogP contribution in [0.3, 0.4) is 0 Å². The third-order valence-electron chi connectivity index (χ3n) is 1.97. The van der Waals surface area contributed by atoms with Crippen LogP contribution < -0.4 is 0 Å². The van der Waals surface area contributed by atoms with Crippen molar-refractivity contribution in [2.24, 2.45) is 0 Å². The normalized spacial score (nSPS) is 13.6. The minimum absolute atomic E-state index is 0.226. The van der Waals surface area contributed by atoms with Crippen molar-refractivity contribution in [1.82, 2.24) is 0 Å². The Balaban J connectivity index is 3.55. The Morgan fingerprint density at radius 1 is 1.15 bits per heavy atom. The molecule has 0 aromatic rings. The predicted octanol–water partition coefficient (Wildman–Crippen LogP) is 2.85. The summed E-state index contributed by atoms with van der Waals surface area (Å²) in [5.41, 5.74) is 0. The van der Waals surface area contributed by atoms with Gasteiger partial charge in [-0.3, -0.25) is 5.26 Å². The van der Waals surface area contributed by atoms with Crippen LogP contribution in [-0.2, 0) is 9.62 Å². The standard InChI is InChI=1S/C10H22O3/c1-4-6-10(7-5-2)12-8-9(3)13-11/h9-11H,4-8H2,1-3H3. The summed E-state index contributed by atoms with van der Waals surface area (Å²) in [6, 6.07) is 0. The molecule has 3 nitrogen and oxygen atoms in total. The van der Waals surface area contributed by atoms with Crippen LogP contribution in [0.15, 0.2) is 0 Å². The fourth-order valence-corrected chi connectivity index (χ4v) is 1.26. The second kappa shape index (κ2) is 8.48. The lowest BCUT2D eigenvalue weighted by Crippen LogP contribution is -2.21. The molecule has 0 fully saturated rings. The van der Waals surface area contributed by atoms with E-state index >= 15 is 0 Å². The number of ether oxygens (including phenoxy) is 1. The summed E-state index contributed by atoms with van der Waals surface area (Å²) < 4.78 is 5.59. The average molecular weight is 190 g/mol. The molecule has 1 N–H and O–H groups in total. The van der Waals surface area contributed by atoms with E-state index in [1.165, 1.54) is 0 Å². The first kappa shape index (κ1) is 12.9. The van der Waals surface area contributed by atoms with Crippen molar-refractivity contribution in [3.05, 3.63) is 0 Å². The lowest BCUT2D eigenvalue weighted by atomic mass is 10.1. The Morgan fingerprint density at radius 3 is 2.08 bits per heavy atom. The second-order valence-corrected chi connectivity index (χ2v) is 3.45. The van der Waals surface area contributed by atoms with E-state index in [1.807, 2.05) is 0 Å². The second-order valence-electron chi connectivity index (χ2n) is 3.45. The van der Waals surface area contributed by atoms with Gasteiger partial charge >= 0.3 is 0 Å². The fourth-order valence-electron chi connectivity index (χ4n) is 1.26. The van der Waals surface area contributed by atoms with Crippen molar-refractivity contribution >= 4 is 0 Å². The SMILES string of the molecule is CCCC(CCC)OCC(C)OO. The molecule has 0 amide bonds. The molecule has 0 aliphatic rings. The van der Waals surface area contributed by atoms with E-state index in [0.29, 0.717) is 12.7 Å². The van der Waals surface area contributed by atoms with E-state index < -0.39 is 0 Å². The summed E-state index contributed by atoms with van der Waals surface area (Å²) in [4.78, 5) is 4.13. The van der Waals surface area contributed by atoms with Crippen molar-refractivity contribution in [1.29, 1.82) is 0 Å². The van der Waals surface area contributed by atoms with Crippen molar-refractivity contribution < 1.29 is 14.9 Å². The van der Waals surface area contributed by atoms with Crippen LogP contribution in [0, 0.1) is 0 Å². The molecule has 0 saturated heterocycles. The van der Waals surface area contributed by atoms with Crippen molar-refractivity contribution in [3.8, 4) is 0 Å². The van der Waals surface area contributed by atoms with Gasteiger partial charge in [0.1, 0.15) is 6.10 Å². The van der Waals surface area contributed by atoms with Gasteiger partial charge in [-0.05, 0) is 19.8 Å². The molecule has 0 aliphatic carbocycles. The van der Waals surface area contributed by atoms with Gasteiger partial charge in [-0.15, -0.1) is 0 Å². The highest BCUT2D eigenvalue weighted by molar-refractivity contribution is 4.57. The van der Waals surface area contributed by atoms with Crippen molar-refractivity contribution in [2.45, 2.75) is 58.7 Å². The fraction of sp³-hybridized carbons (Fsp3) is 1.00. The summed E-state index contributed by atoms with van der Waals surface area (Å²) >= 11 is 0. The zero-order valence-electron chi connectivity index (χ0n) is 8.95. The molecule has 0 spiro atoms. The van der Waals surface area contributed by atoms with Gasteiger partial charge < -0.3 is 4.74 Å². The maximum atomic E-state index is 8.33. The molecule has 13 heavy (non-hydrogen) atoms. The lowest BCUT2D eigenvalue weighted by molar-refractivity contribution is -0.284. The highest BCUT2D eigenvalue weighted by atomic mass is 17.1. The van der Waals surface area contributed by atoms with E-state index in [4.69, 9.17) is 9.99 Å². The Hall–Kier alpha value is -0.120. The van der Waals surface area contributed by atoms with Gasteiger partial charge in [0.2, 0.25) is 0 Å². The number of hydrogen-bond donors (Lipinski definition) is 1. The summed E-state index contributed by atoms with van der Waals surface area (Å²) in [6.45, 7) is 6.56. The quantitative estimate of drug-likeness (QED) is 0.472. The molecule has 0 aliphatic heterocycles. The minimum Gasteiger partial charge on any atom is -0.375 e. The van der Waals surface area contributed by atoms with Crippen LogP contribution >= 0.6 is 0 Å². The lowest BCUT2D eigenvalue weighted by Gasteiger charge is -2.18. The van der Waals surface area contributed by atoms with Gasteiger partial charge in [-0.1, -0.05) is 26.7 Å². The highest BCUT2D eigenvalue weighted by Gasteiger charge is 2.09. The van der Waals surface area contributed by atoms with Crippen LogP contribution in [0.25, 0.3) is 0 Å². The Morgan fingerprint density at radius 2 is 1.69 bits per heavy atom. The Labute approximate surface area is 81.0 Å². The van der Waals surface area contributed by atoms with E-state index in [-0.39, 0.29) is 6.10 Å². The van der Waals surface area contributed by atoms with E-state index in [1.54, 1.807) is 6.92 Å². The van der Waals surface area contributed by atoms with Gasteiger partial charge in [0.05, 0.1) is 12.7 Å². The third kappa shape index (κ3) is 6.99. The molecular weight excluding hydrogens is 168 g/mol. The molecule has 0 rings (SSSR count). The smallest absolute Gasteiger partial charge is 0.113 e. The molecule has 80 valence electrons. The molecular formula is C10H22O3. The first-order chi connectivity index (χ1) is 6.24. The average Bonchev–Trinajstić information content (AvgIpc) is 2.14. The summed E-state index contributed by atoms with van der Waals surface area (Å²) in [7, 11) is 0. The van der Waals surface area contributed by atoms with Crippen LogP contribution in [0.4, 0.5) is 0 Å². The Kier molecular flexibility index (Phi) is 8.40. The molecule has 1 atom stereocenters. The van der Waals surface area contributed by atoms with Crippen LogP contribution in [-0.4, -0.2) is 24.1 Å². The van der Waals surface area contributed by atoms with Gasteiger partial charge in [-0.25, -0.2) is 4.89 Å². The van der Waals surface area contributed by atoms with E-state index in [0.717, 1.165) is 25.7 Å². The monoisotopic (exact) mass is 190 g/mol. The van der Waals surface area contributed by atoms with Crippen LogP contribution in [0.5, 0.6) is 0 Å². The third-order valence-corrected chi connectivity index (χ3v) is 1.97. The van der Waals surface area contributed by atoms with Crippen molar-refractivity contribution in [2.75, 3.05) is 6.61 Å². The van der Waals surface area contributed by atoms with E-state index in [9.17, 15) is 0 Å². The molecule has 0 bridgehead atoms. The summed E-state index contributed by atoms with van der Waals surface area (Å²) in [6.07, 6.45) is 4.56. The molecule has 0 aromatic heterocycles. The Bertz CT molecular complexity index is 100. The summed E-state index contributed by atoms with van der Waals surface area (Å²) in [5.74, 6) is 0. The number of hydrogen-bond acceptors (Lipinski definition) is 3. The zero-order valence-corrected chi connectivity index (χ0v) is 8.95. The number of rotatable bonds is 8. The maximum absolute atomic E-state index is 8.33. The molecule has 3 heteroatoms. The van der Waals surface area contributed by atoms with Crippen LogP contribution in [0.2, 0.25) is 0 Å². The molecule has 0 saturated carbocycles. The van der Waals surface area contributed by atoms with Gasteiger partial charge in [-0.2, -0.15) is 0 Å². The largest absolute Gasteiger partial charge is 0.375 e. The summed E-state index contributed by atoms with van der Waals surface area (Å²) in [5, 5.41) is 8.33. The van der Waals surface area contributed by atoms with Gasteiger partial charge in [0.15, 0.2) is 0 Å². The molecule has 0 radical (unpaired) electrons. The van der Waals surface area contributed by atoms with Crippen LogP contribution in [0.1, 0.15) is 46.5 Å². The molecule has 0 heterocycles. The first-order valence-corrected chi connectivity index (χ1v) is 5.16. The predicted molar refractivity (Wildman–Crippen MR) is 52.7 cm³/mol. The molecule has 0 aromatic carbocycles. The van der Waals surface area contributed by atoms with E-state index in [2.05, 4.69) is 18.7 Å². The van der Waals surface area contributed by atoms with Gasteiger partial charge in [0.25, 0.3) is 0 Å². The maximum Gasteiger partial charge on any atom is 0.113 e. The highest BCUT2D eigenvalue weighted by Crippen LogP contribution is 2.09. The van der Waals surface area contributed by atoms with Gasteiger partial charge in [0, 0.05) is 0 Å². The zero-order chi connectivity index (χ0) is 10.1.